The predicted molar refractivity (Wildman–Crippen MR) is 161 cm³/mol. The second kappa shape index (κ2) is 17.7. The summed E-state index contributed by atoms with van der Waals surface area (Å²) in [6.07, 6.45) is 15.4. The van der Waals surface area contributed by atoms with Crippen molar-refractivity contribution in [2.24, 2.45) is 0 Å². The van der Waals surface area contributed by atoms with Gasteiger partial charge in [0.1, 0.15) is 0 Å². The first-order valence-electron chi connectivity index (χ1n) is 15.0. The third kappa shape index (κ3) is 11.8. The summed E-state index contributed by atoms with van der Waals surface area (Å²) in [5.74, 6) is 0. The fourth-order valence-corrected chi connectivity index (χ4v) is 5.56. The zero-order valence-electron chi connectivity index (χ0n) is 25.6. The molecule has 1 aliphatic carbocycles. The van der Waals surface area contributed by atoms with Crippen LogP contribution in [0.2, 0.25) is 0 Å². The molecule has 40 heavy (non-hydrogen) atoms. The van der Waals surface area contributed by atoms with Crippen LogP contribution in [0.25, 0.3) is 0 Å². The van der Waals surface area contributed by atoms with Gasteiger partial charge in [0, 0.05) is 16.9 Å². The molecular formula is C31H52N2O6S. The predicted octanol–water partition coefficient (Wildman–Crippen LogP) is 7.61. The van der Waals surface area contributed by atoms with E-state index in [4.69, 9.17) is 0 Å². The zero-order chi connectivity index (χ0) is 30.2. The molecule has 0 saturated heterocycles. The first-order chi connectivity index (χ1) is 18.9. The van der Waals surface area contributed by atoms with Gasteiger partial charge in [0.25, 0.3) is 5.54 Å². The number of hydrogen-bond donors (Lipinski definition) is 0. The molecule has 2 rings (SSSR count). The lowest BCUT2D eigenvalue weighted by atomic mass is 9.82. The standard InChI is InChI=1S/C16H36N.C15H17NO6S/c1-5-9-13-17(14-10-6-2,15-11-7-3)16-12-8-4;1-11-7-9-15(10-8-11,16(17)18)14-5-3-13(4-6-14)12(2)22-23(19,20)21/h5-16H2,1-4H3;3-9,12H,10H2,1-2H3,(H,19,20,21)/q+1;/p-1. The second-order valence-electron chi connectivity index (χ2n) is 11.1. The Hall–Kier alpha value is -2.07. The lowest BCUT2D eigenvalue weighted by molar-refractivity contribution is -0.929. The van der Waals surface area contributed by atoms with Crippen molar-refractivity contribution >= 4 is 10.4 Å². The maximum Gasteiger partial charge on any atom is 0.269 e. The third-order valence-corrected chi connectivity index (χ3v) is 8.29. The van der Waals surface area contributed by atoms with Gasteiger partial charge in [-0.1, -0.05) is 95.4 Å². The Morgan fingerprint density at radius 1 is 0.925 bits per heavy atom. The first-order valence-corrected chi connectivity index (χ1v) is 16.3. The van der Waals surface area contributed by atoms with Gasteiger partial charge in [-0.15, -0.1) is 0 Å². The Morgan fingerprint density at radius 3 is 1.70 bits per heavy atom. The fourth-order valence-electron chi connectivity index (χ4n) is 5.10. The van der Waals surface area contributed by atoms with E-state index in [9.17, 15) is 23.1 Å². The molecular weight excluding hydrogens is 528 g/mol. The van der Waals surface area contributed by atoms with Crippen molar-refractivity contribution in [3.05, 3.63) is 69.3 Å². The molecule has 0 saturated carbocycles. The molecule has 9 heteroatoms. The molecule has 1 aromatic rings. The third-order valence-electron chi connectivity index (χ3n) is 7.77. The quantitative estimate of drug-likeness (QED) is 0.0617. The van der Waals surface area contributed by atoms with Gasteiger partial charge in [-0.05, 0) is 51.2 Å². The molecule has 0 N–H and O–H groups in total. The summed E-state index contributed by atoms with van der Waals surface area (Å²) in [4.78, 5) is 11.2. The highest BCUT2D eigenvalue weighted by atomic mass is 32.3. The fraction of sp³-hybridized carbons (Fsp3) is 0.677. The Labute approximate surface area is 243 Å². The number of unbranched alkanes of at least 4 members (excludes halogenated alkanes) is 4. The number of nitro groups is 1. The minimum absolute atomic E-state index is 0.239. The van der Waals surface area contributed by atoms with E-state index in [1.807, 2.05) is 6.92 Å². The molecule has 0 aromatic heterocycles. The van der Waals surface area contributed by atoms with E-state index < -0.39 is 22.0 Å². The Bertz CT molecular complexity index is 1010. The van der Waals surface area contributed by atoms with Crippen molar-refractivity contribution in [2.75, 3.05) is 26.2 Å². The summed E-state index contributed by atoms with van der Waals surface area (Å²) in [6, 6.07) is 6.15. The summed E-state index contributed by atoms with van der Waals surface area (Å²) in [5.41, 5.74) is 0.538. The number of allylic oxidation sites excluding steroid dienone is 2. The van der Waals surface area contributed by atoms with Gasteiger partial charge < -0.3 is 9.04 Å². The minimum atomic E-state index is -4.81. The van der Waals surface area contributed by atoms with Gasteiger partial charge in [0.05, 0.1) is 32.3 Å². The molecule has 0 bridgehead atoms. The number of rotatable bonds is 17. The average Bonchev–Trinajstić information content (AvgIpc) is 2.92. The van der Waals surface area contributed by atoms with Gasteiger partial charge in [-0.3, -0.25) is 14.3 Å². The molecule has 2 atom stereocenters. The average molecular weight is 581 g/mol. The summed E-state index contributed by atoms with van der Waals surface area (Å²) < 4.78 is 37.6. The number of benzene rings is 1. The van der Waals surface area contributed by atoms with Crippen LogP contribution in [0.3, 0.4) is 0 Å². The van der Waals surface area contributed by atoms with Crippen LogP contribution in [0.5, 0.6) is 0 Å². The maximum absolute atomic E-state index is 11.6. The number of hydrogen-bond acceptors (Lipinski definition) is 6. The molecule has 0 fully saturated rings. The lowest BCUT2D eigenvalue weighted by Crippen LogP contribution is -2.50. The van der Waals surface area contributed by atoms with Crippen LogP contribution in [-0.4, -0.2) is 48.6 Å². The van der Waals surface area contributed by atoms with Crippen molar-refractivity contribution in [1.82, 2.24) is 0 Å². The van der Waals surface area contributed by atoms with E-state index in [2.05, 4.69) is 31.9 Å². The van der Waals surface area contributed by atoms with Gasteiger partial charge in [-0.25, -0.2) is 8.42 Å². The summed E-state index contributed by atoms with van der Waals surface area (Å²) in [6.45, 7) is 18.3. The van der Waals surface area contributed by atoms with Crippen LogP contribution in [0.15, 0.2) is 48.1 Å². The topological polar surface area (TPSA) is 110 Å². The van der Waals surface area contributed by atoms with Gasteiger partial charge >= 0.3 is 0 Å². The smallest absolute Gasteiger partial charge is 0.269 e. The maximum atomic E-state index is 11.6. The number of nitrogens with zero attached hydrogens (tertiary/aromatic N) is 2. The largest absolute Gasteiger partial charge is 0.726 e. The van der Waals surface area contributed by atoms with Crippen molar-refractivity contribution < 1.29 is 26.6 Å². The highest BCUT2D eigenvalue weighted by molar-refractivity contribution is 7.80. The van der Waals surface area contributed by atoms with Crippen LogP contribution in [0.4, 0.5) is 0 Å². The summed E-state index contributed by atoms with van der Waals surface area (Å²) >= 11 is 0. The zero-order valence-corrected chi connectivity index (χ0v) is 26.4. The van der Waals surface area contributed by atoms with Crippen LogP contribution in [0.1, 0.15) is 117 Å². The molecule has 1 aliphatic rings. The highest BCUT2D eigenvalue weighted by Crippen LogP contribution is 2.35. The Balaban J connectivity index is 0.000000421. The number of quaternary nitrogens is 1. The van der Waals surface area contributed by atoms with E-state index in [0.717, 1.165) is 5.57 Å². The normalized spacial score (nSPS) is 18.0. The molecule has 0 spiro atoms. The van der Waals surface area contributed by atoms with Crippen LogP contribution in [0, 0.1) is 10.1 Å². The van der Waals surface area contributed by atoms with E-state index in [-0.39, 0.29) is 11.3 Å². The molecule has 1 aromatic carbocycles. The van der Waals surface area contributed by atoms with Crippen molar-refractivity contribution in [3.63, 3.8) is 0 Å². The second-order valence-corrected chi connectivity index (χ2v) is 12.1. The SMILES string of the molecule is CC1=CCC(c2ccc(C(C)OS(=O)(=O)[O-])cc2)([N+](=O)[O-])C=C1.CCCC[N+](CCCC)(CCCC)CCCC. The summed E-state index contributed by atoms with van der Waals surface area (Å²) in [7, 11) is -4.81. The molecule has 0 heterocycles. The minimum Gasteiger partial charge on any atom is -0.726 e. The van der Waals surface area contributed by atoms with Gasteiger partial charge in [-0.2, -0.15) is 0 Å². The van der Waals surface area contributed by atoms with Crippen molar-refractivity contribution in [1.29, 1.82) is 0 Å². The molecule has 228 valence electrons. The van der Waals surface area contributed by atoms with E-state index >= 15 is 0 Å². The molecule has 0 radical (unpaired) electrons. The monoisotopic (exact) mass is 580 g/mol. The van der Waals surface area contributed by atoms with Crippen molar-refractivity contribution in [2.45, 2.75) is 111 Å². The van der Waals surface area contributed by atoms with Gasteiger partial charge in [0.2, 0.25) is 10.4 Å². The van der Waals surface area contributed by atoms with E-state index in [1.165, 1.54) is 101 Å². The van der Waals surface area contributed by atoms with Crippen LogP contribution < -0.4 is 0 Å². The van der Waals surface area contributed by atoms with Crippen molar-refractivity contribution in [3.8, 4) is 0 Å². The molecule has 2 unspecified atom stereocenters. The molecule has 0 amide bonds. The van der Waals surface area contributed by atoms with Crippen LogP contribution in [-0.2, 0) is 20.1 Å². The van der Waals surface area contributed by atoms with Gasteiger partial charge in [0.15, 0.2) is 0 Å². The van der Waals surface area contributed by atoms with Crippen LogP contribution >= 0.6 is 0 Å². The van der Waals surface area contributed by atoms with E-state index in [0.29, 0.717) is 11.1 Å². The lowest BCUT2D eigenvalue weighted by Gasteiger charge is -2.39. The molecule has 0 aliphatic heterocycles. The first kappa shape index (κ1) is 36.0. The Kier molecular flexibility index (Phi) is 15.9. The van der Waals surface area contributed by atoms with E-state index in [1.54, 1.807) is 30.4 Å². The summed E-state index contributed by atoms with van der Waals surface area (Å²) in [5, 5.41) is 11.6. The highest BCUT2D eigenvalue weighted by Gasteiger charge is 2.42. The molecule has 8 nitrogen and oxygen atoms in total. The Morgan fingerprint density at radius 2 is 1.38 bits per heavy atom.